The average Bonchev–Trinajstić information content (AvgIpc) is 3.33. The molecule has 1 amide bonds. The number of nitrogens with zero attached hydrogens (tertiary/aromatic N) is 3. The molecule has 2 N–H and O–H groups in total. The predicted octanol–water partition coefficient (Wildman–Crippen LogP) is 5.49. The number of nitrogens with one attached hydrogen (secondary N) is 2. The van der Waals surface area contributed by atoms with Crippen molar-refractivity contribution in [3.63, 3.8) is 0 Å². The molecule has 5 aromatic rings. The molecule has 0 bridgehead atoms. The van der Waals surface area contributed by atoms with Crippen LogP contribution in [0.3, 0.4) is 0 Å². The fourth-order valence-electron chi connectivity index (χ4n) is 4.45. The first kappa shape index (κ1) is 26.9. The SMILES string of the molecule is CCC(Sc1nnc2cc(C)c3cccc(C)c3n12)C(=O)Nc1ccc(S(=O)(=O)NCc2ccccc2)cc1. The van der Waals surface area contributed by atoms with E-state index in [0.717, 1.165) is 33.2 Å². The van der Waals surface area contributed by atoms with Crippen LogP contribution in [0.25, 0.3) is 16.6 Å². The number of carbonyl (C=O) groups excluding carboxylic acids is 1. The van der Waals surface area contributed by atoms with Gasteiger partial charge in [0.1, 0.15) is 0 Å². The van der Waals surface area contributed by atoms with Crippen molar-refractivity contribution in [2.75, 3.05) is 5.32 Å². The van der Waals surface area contributed by atoms with Crippen LogP contribution in [0, 0.1) is 13.8 Å². The molecule has 0 spiro atoms. The van der Waals surface area contributed by atoms with Crippen LogP contribution >= 0.6 is 11.8 Å². The van der Waals surface area contributed by atoms with Crippen molar-refractivity contribution in [3.05, 3.63) is 95.6 Å². The van der Waals surface area contributed by atoms with Crippen LogP contribution in [-0.4, -0.2) is 34.2 Å². The first-order chi connectivity index (χ1) is 18.8. The van der Waals surface area contributed by atoms with Gasteiger partial charge in [-0.1, -0.05) is 67.2 Å². The van der Waals surface area contributed by atoms with E-state index >= 15 is 0 Å². The molecule has 0 radical (unpaired) electrons. The number of carbonyl (C=O) groups is 1. The highest BCUT2D eigenvalue weighted by atomic mass is 32.2. The Morgan fingerprint density at radius 2 is 1.69 bits per heavy atom. The minimum atomic E-state index is -3.69. The molecule has 3 aromatic carbocycles. The molecule has 1 atom stereocenters. The summed E-state index contributed by atoms with van der Waals surface area (Å²) in [5.74, 6) is -0.190. The Labute approximate surface area is 231 Å². The van der Waals surface area contributed by atoms with Crippen molar-refractivity contribution < 1.29 is 13.2 Å². The van der Waals surface area contributed by atoms with Crippen molar-refractivity contribution in [2.24, 2.45) is 0 Å². The number of rotatable bonds is 9. The summed E-state index contributed by atoms with van der Waals surface area (Å²) >= 11 is 1.36. The van der Waals surface area contributed by atoms with E-state index in [4.69, 9.17) is 0 Å². The van der Waals surface area contributed by atoms with Gasteiger partial charge in [0, 0.05) is 17.6 Å². The molecule has 200 valence electrons. The molecule has 0 aliphatic rings. The molecule has 39 heavy (non-hydrogen) atoms. The fourth-order valence-corrected chi connectivity index (χ4v) is 6.44. The Bertz CT molecular complexity index is 1750. The van der Waals surface area contributed by atoms with Gasteiger partial charge >= 0.3 is 0 Å². The summed E-state index contributed by atoms with van der Waals surface area (Å²) in [5.41, 5.74) is 5.39. The topological polar surface area (TPSA) is 105 Å². The quantitative estimate of drug-likeness (QED) is 0.232. The van der Waals surface area contributed by atoms with E-state index in [9.17, 15) is 13.2 Å². The maximum Gasteiger partial charge on any atom is 0.240 e. The van der Waals surface area contributed by atoms with Gasteiger partial charge in [-0.2, -0.15) is 0 Å². The van der Waals surface area contributed by atoms with Crippen LogP contribution in [0.15, 0.2) is 88.9 Å². The minimum Gasteiger partial charge on any atom is -0.325 e. The number of pyridine rings is 1. The summed E-state index contributed by atoms with van der Waals surface area (Å²) in [6.07, 6.45) is 0.573. The van der Waals surface area contributed by atoms with Gasteiger partial charge in [-0.15, -0.1) is 10.2 Å². The number of fused-ring (bicyclic) bond motifs is 3. The molecule has 0 aliphatic carbocycles. The van der Waals surface area contributed by atoms with Gasteiger partial charge in [0.05, 0.1) is 15.7 Å². The zero-order valence-electron chi connectivity index (χ0n) is 21.9. The Morgan fingerprint density at radius 3 is 2.41 bits per heavy atom. The average molecular weight is 560 g/mol. The molecule has 0 fully saturated rings. The third-order valence-electron chi connectivity index (χ3n) is 6.54. The largest absolute Gasteiger partial charge is 0.325 e. The Morgan fingerprint density at radius 1 is 0.949 bits per heavy atom. The lowest BCUT2D eigenvalue weighted by Gasteiger charge is -2.15. The van der Waals surface area contributed by atoms with E-state index in [-0.39, 0.29) is 17.3 Å². The smallest absolute Gasteiger partial charge is 0.240 e. The van der Waals surface area contributed by atoms with Crippen LogP contribution in [0.1, 0.15) is 30.0 Å². The summed E-state index contributed by atoms with van der Waals surface area (Å²) in [5, 5.41) is 13.0. The fraction of sp³-hybridized carbons (Fsp3) is 0.207. The standard InChI is InChI=1S/C29H29N5O3S2/c1-4-25(38-29-33-32-26-17-20(3)24-12-8-9-19(2)27(24)34(26)29)28(35)31-22-13-15-23(16-14-22)39(36,37)30-18-21-10-6-5-7-11-21/h5-17,25,30H,4,18H2,1-3H3,(H,31,35). The van der Waals surface area contributed by atoms with Crippen LogP contribution in [0.4, 0.5) is 5.69 Å². The molecule has 0 saturated carbocycles. The van der Waals surface area contributed by atoms with E-state index in [1.165, 1.54) is 23.9 Å². The third-order valence-corrected chi connectivity index (χ3v) is 9.27. The Kier molecular flexibility index (Phi) is 7.69. The number of amides is 1. The number of sulfonamides is 1. The number of anilines is 1. The second kappa shape index (κ2) is 11.2. The molecular formula is C29H29N5O3S2. The number of para-hydroxylation sites is 1. The van der Waals surface area contributed by atoms with E-state index in [1.54, 1.807) is 12.1 Å². The molecule has 2 heterocycles. The molecule has 0 saturated heterocycles. The number of hydrogen-bond donors (Lipinski definition) is 2. The first-order valence-corrected chi connectivity index (χ1v) is 15.0. The van der Waals surface area contributed by atoms with Gasteiger partial charge in [-0.25, -0.2) is 13.1 Å². The molecule has 2 aromatic heterocycles. The van der Waals surface area contributed by atoms with Crippen molar-refractivity contribution in [2.45, 2.75) is 49.0 Å². The second-order valence-corrected chi connectivity index (χ2v) is 12.2. The van der Waals surface area contributed by atoms with Crippen molar-refractivity contribution in [1.82, 2.24) is 19.3 Å². The number of hydrogen-bond acceptors (Lipinski definition) is 6. The zero-order valence-corrected chi connectivity index (χ0v) is 23.5. The molecule has 1 unspecified atom stereocenters. The number of aryl methyl sites for hydroxylation is 2. The van der Waals surface area contributed by atoms with Gasteiger partial charge in [-0.3, -0.25) is 9.20 Å². The summed E-state index contributed by atoms with van der Waals surface area (Å²) in [7, 11) is -3.69. The predicted molar refractivity (Wildman–Crippen MR) is 155 cm³/mol. The minimum absolute atomic E-state index is 0.130. The van der Waals surface area contributed by atoms with Gasteiger partial charge < -0.3 is 5.32 Å². The first-order valence-electron chi connectivity index (χ1n) is 12.6. The third kappa shape index (κ3) is 5.68. The van der Waals surface area contributed by atoms with Crippen LogP contribution < -0.4 is 10.0 Å². The molecular weight excluding hydrogens is 530 g/mol. The summed E-state index contributed by atoms with van der Waals surface area (Å²) < 4.78 is 30.0. The molecule has 5 rings (SSSR count). The lowest BCUT2D eigenvalue weighted by molar-refractivity contribution is -0.115. The van der Waals surface area contributed by atoms with Crippen molar-refractivity contribution >= 4 is 49.9 Å². The van der Waals surface area contributed by atoms with E-state index in [1.807, 2.05) is 53.8 Å². The Hall–Kier alpha value is -3.73. The van der Waals surface area contributed by atoms with E-state index < -0.39 is 15.3 Å². The molecule has 10 heteroatoms. The maximum absolute atomic E-state index is 13.2. The number of thioether (sulfide) groups is 1. The van der Waals surface area contributed by atoms with Gasteiger partial charge in [-0.05, 0) is 67.3 Å². The summed E-state index contributed by atoms with van der Waals surface area (Å²) in [6, 6.07) is 23.7. The molecule has 0 aliphatic heterocycles. The number of aromatic nitrogens is 3. The number of benzene rings is 3. The zero-order chi connectivity index (χ0) is 27.6. The highest BCUT2D eigenvalue weighted by molar-refractivity contribution is 8.00. The van der Waals surface area contributed by atoms with Crippen LogP contribution in [0.5, 0.6) is 0 Å². The van der Waals surface area contributed by atoms with Gasteiger partial charge in [0.15, 0.2) is 10.8 Å². The monoisotopic (exact) mass is 559 g/mol. The maximum atomic E-state index is 13.2. The normalized spacial score (nSPS) is 12.6. The highest BCUT2D eigenvalue weighted by Gasteiger charge is 2.23. The van der Waals surface area contributed by atoms with Crippen LogP contribution in [-0.2, 0) is 21.4 Å². The van der Waals surface area contributed by atoms with Gasteiger partial charge in [0.25, 0.3) is 0 Å². The summed E-state index contributed by atoms with van der Waals surface area (Å²) in [6.45, 7) is 6.26. The Balaban J connectivity index is 1.31. The lowest BCUT2D eigenvalue weighted by atomic mass is 10.1. The van der Waals surface area contributed by atoms with Crippen LogP contribution in [0.2, 0.25) is 0 Å². The van der Waals surface area contributed by atoms with Crippen molar-refractivity contribution in [3.8, 4) is 0 Å². The lowest BCUT2D eigenvalue weighted by Crippen LogP contribution is -2.25. The second-order valence-electron chi connectivity index (χ2n) is 9.31. The van der Waals surface area contributed by atoms with Gasteiger partial charge in [0.2, 0.25) is 15.9 Å². The summed E-state index contributed by atoms with van der Waals surface area (Å²) in [4.78, 5) is 13.3. The van der Waals surface area contributed by atoms with E-state index in [2.05, 4.69) is 46.2 Å². The van der Waals surface area contributed by atoms with Crippen molar-refractivity contribution in [1.29, 1.82) is 0 Å². The van der Waals surface area contributed by atoms with E-state index in [0.29, 0.717) is 17.3 Å². The molecule has 8 nitrogen and oxygen atoms in total. The highest BCUT2D eigenvalue weighted by Crippen LogP contribution is 2.31.